The lowest BCUT2D eigenvalue weighted by Gasteiger charge is -2.16. The van der Waals surface area contributed by atoms with Gasteiger partial charge in [-0.1, -0.05) is 30.3 Å². The molecule has 3 heterocycles. The van der Waals surface area contributed by atoms with Crippen molar-refractivity contribution in [2.75, 3.05) is 14.2 Å². The molecule has 0 amide bonds. The van der Waals surface area contributed by atoms with Crippen molar-refractivity contribution in [2.45, 2.75) is 12.8 Å². The zero-order valence-corrected chi connectivity index (χ0v) is 15.3. The number of thiophene rings is 1. The molecule has 0 atom stereocenters. The summed E-state index contributed by atoms with van der Waals surface area (Å²) < 4.78 is 12.8. The molecule has 6 nitrogen and oxygen atoms in total. The third kappa shape index (κ3) is 3.12. The molecule has 0 radical (unpaired) electrons. The Morgan fingerprint density at radius 3 is 2.65 bits per heavy atom. The number of hydrogen-bond acceptors (Lipinski definition) is 6. The maximum atomic E-state index is 5.38. The standard InChI is InChI=1S/C19H18N4O2S/c1-24-16(25-2)10-23-12-22-17(13-6-4-3-5-7-13)18(23)15-8-14-9-20-11-21-19(14)26-15/h3-9,11-12,16H,10H2,1-2H3. The number of rotatable bonds is 6. The summed E-state index contributed by atoms with van der Waals surface area (Å²) in [6.07, 6.45) is 4.89. The van der Waals surface area contributed by atoms with Gasteiger partial charge < -0.3 is 14.0 Å². The molecule has 132 valence electrons. The zero-order chi connectivity index (χ0) is 17.9. The van der Waals surface area contributed by atoms with Crippen molar-refractivity contribution in [1.82, 2.24) is 19.5 Å². The second-order valence-corrected chi connectivity index (χ2v) is 6.79. The van der Waals surface area contributed by atoms with Gasteiger partial charge in [0.25, 0.3) is 0 Å². The van der Waals surface area contributed by atoms with Gasteiger partial charge in [0, 0.05) is 31.4 Å². The zero-order valence-electron chi connectivity index (χ0n) is 14.5. The first-order valence-electron chi connectivity index (χ1n) is 8.16. The van der Waals surface area contributed by atoms with Crippen molar-refractivity contribution in [3.05, 3.63) is 55.2 Å². The van der Waals surface area contributed by atoms with Gasteiger partial charge in [-0.2, -0.15) is 0 Å². The highest BCUT2D eigenvalue weighted by molar-refractivity contribution is 7.21. The average molecular weight is 366 g/mol. The molecule has 0 spiro atoms. The molecule has 26 heavy (non-hydrogen) atoms. The van der Waals surface area contributed by atoms with Gasteiger partial charge in [0.1, 0.15) is 11.2 Å². The van der Waals surface area contributed by atoms with Crippen LogP contribution in [0.5, 0.6) is 0 Å². The molecular weight excluding hydrogens is 348 g/mol. The molecule has 0 unspecified atom stereocenters. The lowest BCUT2D eigenvalue weighted by molar-refractivity contribution is -0.110. The quantitative estimate of drug-likeness (QED) is 0.485. The summed E-state index contributed by atoms with van der Waals surface area (Å²) in [5.41, 5.74) is 3.02. The smallest absolute Gasteiger partial charge is 0.174 e. The van der Waals surface area contributed by atoms with Gasteiger partial charge in [0.2, 0.25) is 0 Å². The molecule has 7 heteroatoms. The number of hydrogen-bond donors (Lipinski definition) is 0. The number of fused-ring (bicyclic) bond motifs is 1. The van der Waals surface area contributed by atoms with Crippen LogP contribution in [0.2, 0.25) is 0 Å². The van der Waals surface area contributed by atoms with E-state index in [1.165, 1.54) is 0 Å². The van der Waals surface area contributed by atoms with Gasteiger partial charge >= 0.3 is 0 Å². The van der Waals surface area contributed by atoms with E-state index in [4.69, 9.17) is 9.47 Å². The van der Waals surface area contributed by atoms with Gasteiger partial charge in [-0.25, -0.2) is 15.0 Å². The summed E-state index contributed by atoms with van der Waals surface area (Å²) in [5, 5.41) is 1.02. The predicted octanol–water partition coefficient (Wildman–Crippen LogP) is 3.84. The lowest BCUT2D eigenvalue weighted by Crippen LogP contribution is -2.20. The fraction of sp³-hybridized carbons (Fsp3) is 0.211. The van der Waals surface area contributed by atoms with Crippen LogP contribution in [0.4, 0.5) is 0 Å². The van der Waals surface area contributed by atoms with Crippen molar-refractivity contribution in [3.63, 3.8) is 0 Å². The molecule has 0 aliphatic carbocycles. The van der Waals surface area contributed by atoms with Crippen LogP contribution in [0, 0.1) is 0 Å². The van der Waals surface area contributed by atoms with Gasteiger partial charge in [-0.15, -0.1) is 11.3 Å². The van der Waals surface area contributed by atoms with Gasteiger partial charge in [0.15, 0.2) is 6.29 Å². The summed E-state index contributed by atoms with van der Waals surface area (Å²) in [6.45, 7) is 0.544. The third-order valence-electron chi connectivity index (χ3n) is 4.19. The third-order valence-corrected chi connectivity index (χ3v) is 5.25. The Morgan fingerprint density at radius 2 is 1.92 bits per heavy atom. The number of aromatic nitrogens is 4. The van der Waals surface area contributed by atoms with Crippen molar-refractivity contribution >= 4 is 21.6 Å². The molecule has 0 fully saturated rings. The van der Waals surface area contributed by atoms with E-state index in [0.29, 0.717) is 6.54 Å². The predicted molar refractivity (Wildman–Crippen MR) is 102 cm³/mol. The minimum atomic E-state index is -0.347. The maximum absolute atomic E-state index is 5.38. The van der Waals surface area contributed by atoms with E-state index in [2.05, 4.69) is 37.7 Å². The topological polar surface area (TPSA) is 62.1 Å². The van der Waals surface area contributed by atoms with Crippen LogP contribution in [-0.2, 0) is 16.0 Å². The first kappa shape index (κ1) is 16.8. The molecule has 0 saturated heterocycles. The minimum Gasteiger partial charge on any atom is -0.354 e. The van der Waals surface area contributed by atoms with Gasteiger partial charge in [-0.3, -0.25) is 0 Å². The number of benzene rings is 1. The van der Waals surface area contributed by atoms with Crippen LogP contribution in [0.25, 0.3) is 32.0 Å². The Hall–Kier alpha value is -2.61. The van der Waals surface area contributed by atoms with E-state index >= 15 is 0 Å². The molecule has 3 aromatic heterocycles. The number of ether oxygens (including phenoxy) is 2. The summed E-state index contributed by atoms with van der Waals surface area (Å²) in [4.78, 5) is 15.2. The number of imidazole rings is 1. The van der Waals surface area contributed by atoms with Crippen molar-refractivity contribution in [2.24, 2.45) is 0 Å². The summed E-state index contributed by atoms with van der Waals surface area (Å²) in [5.74, 6) is 0. The fourth-order valence-electron chi connectivity index (χ4n) is 2.90. The van der Waals surface area contributed by atoms with Crippen LogP contribution in [-0.4, -0.2) is 40.0 Å². The molecule has 0 bridgehead atoms. The van der Waals surface area contributed by atoms with E-state index in [0.717, 1.165) is 32.0 Å². The van der Waals surface area contributed by atoms with Crippen LogP contribution in [0.1, 0.15) is 0 Å². The monoisotopic (exact) mass is 366 g/mol. The highest BCUT2D eigenvalue weighted by Crippen LogP contribution is 2.37. The molecule has 4 aromatic rings. The van der Waals surface area contributed by atoms with E-state index in [1.807, 2.05) is 30.7 Å². The lowest BCUT2D eigenvalue weighted by atomic mass is 10.1. The number of methoxy groups -OCH3 is 2. The Kier molecular flexibility index (Phi) is 4.75. The minimum absolute atomic E-state index is 0.347. The van der Waals surface area contributed by atoms with E-state index < -0.39 is 0 Å². The summed E-state index contributed by atoms with van der Waals surface area (Å²) in [7, 11) is 3.27. The Morgan fingerprint density at radius 1 is 1.12 bits per heavy atom. The largest absolute Gasteiger partial charge is 0.354 e. The second-order valence-electron chi connectivity index (χ2n) is 5.76. The highest BCUT2D eigenvalue weighted by atomic mass is 32.1. The van der Waals surface area contributed by atoms with Gasteiger partial charge in [0.05, 0.1) is 29.1 Å². The normalized spacial score (nSPS) is 11.5. The molecule has 0 aliphatic heterocycles. The van der Waals surface area contributed by atoms with Crippen LogP contribution in [0.3, 0.4) is 0 Å². The molecule has 0 aliphatic rings. The Bertz CT molecular complexity index is 976. The van der Waals surface area contributed by atoms with Crippen LogP contribution >= 0.6 is 11.3 Å². The first-order valence-corrected chi connectivity index (χ1v) is 8.98. The second kappa shape index (κ2) is 7.33. The number of nitrogens with zero attached hydrogens (tertiary/aromatic N) is 4. The maximum Gasteiger partial charge on any atom is 0.174 e. The molecular formula is C19H18N4O2S. The summed E-state index contributed by atoms with van der Waals surface area (Å²) >= 11 is 1.63. The molecule has 1 aromatic carbocycles. The molecule has 0 N–H and O–H groups in total. The SMILES string of the molecule is COC(Cn1cnc(-c2ccccc2)c1-c1cc2cncnc2s1)OC. The van der Waals surface area contributed by atoms with Crippen molar-refractivity contribution in [3.8, 4) is 21.8 Å². The van der Waals surface area contributed by atoms with Crippen LogP contribution < -0.4 is 0 Å². The Balaban J connectivity index is 1.87. The van der Waals surface area contributed by atoms with Crippen molar-refractivity contribution in [1.29, 1.82) is 0 Å². The fourth-order valence-corrected chi connectivity index (χ4v) is 3.93. The first-order chi connectivity index (χ1) is 12.8. The van der Waals surface area contributed by atoms with Gasteiger partial charge in [-0.05, 0) is 6.07 Å². The van der Waals surface area contributed by atoms with E-state index in [-0.39, 0.29) is 6.29 Å². The van der Waals surface area contributed by atoms with Crippen molar-refractivity contribution < 1.29 is 9.47 Å². The molecule has 4 rings (SSSR count). The van der Waals surface area contributed by atoms with E-state index in [1.54, 1.807) is 31.9 Å². The summed E-state index contributed by atoms with van der Waals surface area (Å²) in [6, 6.07) is 12.3. The Labute approximate surface area is 155 Å². The van der Waals surface area contributed by atoms with Crippen LogP contribution in [0.15, 0.2) is 55.2 Å². The highest BCUT2D eigenvalue weighted by Gasteiger charge is 2.19. The average Bonchev–Trinajstić information content (AvgIpc) is 3.30. The van der Waals surface area contributed by atoms with E-state index in [9.17, 15) is 0 Å². The molecule has 0 saturated carbocycles.